The average molecular weight is 253 g/mol. The molecule has 2 rings (SSSR count). The Morgan fingerprint density at radius 2 is 2.33 bits per heavy atom. The molecule has 1 aliphatic carbocycles. The molecule has 6 heteroatoms. The molecule has 1 saturated carbocycles. The van der Waals surface area contributed by atoms with Gasteiger partial charge >= 0.3 is 5.97 Å². The number of aromatic nitrogens is 2. The Balaban J connectivity index is 1.89. The molecule has 0 aliphatic heterocycles. The van der Waals surface area contributed by atoms with Gasteiger partial charge in [0.2, 0.25) is 5.89 Å². The Morgan fingerprint density at radius 3 is 2.89 bits per heavy atom. The van der Waals surface area contributed by atoms with E-state index in [9.17, 15) is 4.79 Å². The van der Waals surface area contributed by atoms with Gasteiger partial charge in [0.25, 0.3) is 0 Å². The summed E-state index contributed by atoms with van der Waals surface area (Å²) in [6, 6.07) is 0. The fraction of sp³-hybridized carbons (Fsp3) is 0.750. The molecule has 0 saturated heterocycles. The van der Waals surface area contributed by atoms with E-state index in [4.69, 9.17) is 9.63 Å². The van der Waals surface area contributed by atoms with Gasteiger partial charge in [-0.2, -0.15) is 4.98 Å². The zero-order valence-corrected chi connectivity index (χ0v) is 10.8. The largest absolute Gasteiger partial charge is 0.481 e. The van der Waals surface area contributed by atoms with Gasteiger partial charge in [-0.05, 0) is 19.4 Å². The van der Waals surface area contributed by atoms with Gasteiger partial charge in [0.1, 0.15) is 0 Å². The van der Waals surface area contributed by atoms with Gasteiger partial charge in [-0.15, -0.1) is 0 Å². The minimum Gasteiger partial charge on any atom is -0.481 e. The van der Waals surface area contributed by atoms with Crippen LogP contribution in [-0.2, 0) is 11.3 Å². The predicted octanol–water partition coefficient (Wildman–Crippen LogP) is 1.49. The number of aliphatic carboxylic acids is 1. The first kappa shape index (κ1) is 13.0. The third kappa shape index (κ3) is 3.29. The maximum atomic E-state index is 10.8. The van der Waals surface area contributed by atoms with Crippen molar-refractivity contribution in [1.82, 2.24) is 15.0 Å². The lowest BCUT2D eigenvalue weighted by atomic mass is 10.1. The summed E-state index contributed by atoms with van der Waals surface area (Å²) in [7, 11) is 0. The number of hydrogen-bond donors (Lipinski definition) is 1. The lowest BCUT2D eigenvalue weighted by molar-refractivity contribution is -0.141. The number of rotatable bonds is 7. The van der Waals surface area contributed by atoms with Crippen LogP contribution in [0.15, 0.2) is 4.52 Å². The number of hydrogen-bond acceptors (Lipinski definition) is 5. The first-order chi connectivity index (χ1) is 8.60. The molecule has 0 bridgehead atoms. The van der Waals surface area contributed by atoms with Gasteiger partial charge in [-0.25, -0.2) is 0 Å². The van der Waals surface area contributed by atoms with Crippen LogP contribution < -0.4 is 0 Å². The average Bonchev–Trinajstić information content (AvgIpc) is 3.09. The van der Waals surface area contributed by atoms with E-state index in [1.165, 1.54) is 0 Å². The number of nitrogens with zero attached hydrogens (tertiary/aromatic N) is 3. The monoisotopic (exact) mass is 253 g/mol. The van der Waals surface area contributed by atoms with E-state index in [-0.39, 0.29) is 5.92 Å². The van der Waals surface area contributed by atoms with Gasteiger partial charge in [-0.1, -0.05) is 19.0 Å². The van der Waals surface area contributed by atoms with Crippen LogP contribution in [-0.4, -0.2) is 39.2 Å². The molecule has 1 aromatic heterocycles. The lowest BCUT2D eigenvalue weighted by Gasteiger charge is -2.20. The zero-order valence-electron chi connectivity index (χ0n) is 10.8. The molecule has 100 valence electrons. The van der Waals surface area contributed by atoms with E-state index in [2.05, 4.69) is 10.1 Å². The van der Waals surface area contributed by atoms with Crippen LogP contribution in [0.25, 0.3) is 0 Å². The highest BCUT2D eigenvalue weighted by Gasteiger charge is 2.29. The molecule has 1 unspecified atom stereocenters. The standard InChI is InChI=1S/C12H19N3O3/c1-3-15(6-8(2)12(16)17)7-10-13-11(18-14-10)9-4-5-9/h8-9H,3-7H2,1-2H3,(H,16,17). The molecule has 1 atom stereocenters. The Morgan fingerprint density at radius 1 is 1.61 bits per heavy atom. The van der Waals surface area contributed by atoms with Gasteiger partial charge < -0.3 is 9.63 Å². The molecule has 0 radical (unpaired) electrons. The summed E-state index contributed by atoms with van der Waals surface area (Å²) in [6.07, 6.45) is 2.27. The molecule has 1 aliphatic rings. The summed E-state index contributed by atoms with van der Waals surface area (Å²) in [6.45, 7) is 5.52. The van der Waals surface area contributed by atoms with Crippen LogP contribution in [0.1, 0.15) is 44.3 Å². The topological polar surface area (TPSA) is 79.5 Å². The molecule has 1 fully saturated rings. The van der Waals surface area contributed by atoms with E-state index in [0.717, 1.165) is 25.3 Å². The van der Waals surface area contributed by atoms with E-state index in [0.29, 0.717) is 24.8 Å². The molecular weight excluding hydrogens is 234 g/mol. The molecule has 0 spiro atoms. The second-order valence-electron chi connectivity index (χ2n) is 4.89. The Hall–Kier alpha value is -1.43. The summed E-state index contributed by atoms with van der Waals surface area (Å²) in [5.74, 6) is 0.669. The van der Waals surface area contributed by atoms with Crippen LogP contribution >= 0.6 is 0 Å². The zero-order chi connectivity index (χ0) is 13.1. The van der Waals surface area contributed by atoms with E-state index in [1.54, 1.807) is 6.92 Å². The van der Waals surface area contributed by atoms with E-state index in [1.807, 2.05) is 11.8 Å². The smallest absolute Gasteiger partial charge is 0.307 e. The summed E-state index contributed by atoms with van der Waals surface area (Å²) in [4.78, 5) is 17.2. The summed E-state index contributed by atoms with van der Waals surface area (Å²) in [5, 5.41) is 12.8. The molecule has 1 heterocycles. The van der Waals surface area contributed by atoms with Gasteiger partial charge in [0, 0.05) is 12.5 Å². The van der Waals surface area contributed by atoms with E-state index < -0.39 is 5.97 Å². The van der Waals surface area contributed by atoms with Crippen molar-refractivity contribution in [2.24, 2.45) is 5.92 Å². The molecule has 0 aromatic carbocycles. The van der Waals surface area contributed by atoms with Crippen molar-refractivity contribution in [1.29, 1.82) is 0 Å². The fourth-order valence-corrected chi connectivity index (χ4v) is 1.80. The van der Waals surface area contributed by atoms with Crippen LogP contribution in [0.3, 0.4) is 0 Å². The second-order valence-corrected chi connectivity index (χ2v) is 4.89. The van der Waals surface area contributed by atoms with Crippen LogP contribution in [0.4, 0.5) is 0 Å². The number of carboxylic acid groups (broad SMARTS) is 1. The van der Waals surface area contributed by atoms with Crippen molar-refractivity contribution in [2.45, 2.75) is 39.2 Å². The van der Waals surface area contributed by atoms with Crippen LogP contribution in [0.2, 0.25) is 0 Å². The molecule has 6 nitrogen and oxygen atoms in total. The van der Waals surface area contributed by atoms with Crippen molar-refractivity contribution in [3.63, 3.8) is 0 Å². The lowest BCUT2D eigenvalue weighted by Crippen LogP contribution is -2.31. The Labute approximate surface area is 106 Å². The SMILES string of the molecule is CCN(Cc1noc(C2CC2)n1)CC(C)C(=O)O. The first-order valence-electron chi connectivity index (χ1n) is 6.37. The van der Waals surface area contributed by atoms with Gasteiger partial charge in [0.05, 0.1) is 12.5 Å². The normalized spacial score (nSPS) is 17.1. The van der Waals surface area contributed by atoms with E-state index >= 15 is 0 Å². The van der Waals surface area contributed by atoms with Gasteiger partial charge in [-0.3, -0.25) is 9.69 Å². The molecule has 1 N–H and O–H groups in total. The minimum absolute atomic E-state index is 0.389. The fourth-order valence-electron chi connectivity index (χ4n) is 1.80. The van der Waals surface area contributed by atoms with Crippen molar-refractivity contribution < 1.29 is 14.4 Å². The van der Waals surface area contributed by atoms with Crippen molar-refractivity contribution in [3.05, 3.63) is 11.7 Å². The predicted molar refractivity (Wildman–Crippen MR) is 64.0 cm³/mol. The minimum atomic E-state index is -0.778. The van der Waals surface area contributed by atoms with Crippen molar-refractivity contribution >= 4 is 5.97 Å². The quantitative estimate of drug-likeness (QED) is 0.793. The highest BCUT2D eigenvalue weighted by atomic mass is 16.5. The summed E-state index contributed by atoms with van der Waals surface area (Å²) in [5.41, 5.74) is 0. The highest BCUT2D eigenvalue weighted by molar-refractivity contribution is 5.69. The van der Waals surface area contributed by atoms with Gasteiger partial charge in [0.15, 0.2) is 5.82 Å². The number of carboxylic acids is 1. The Bertz CT molecular complexity index is 414. The molecule has 1 aromatic rings. The van der Waals surface area contributed by atoms with Crippen molar-refractivity contribution in [2.75, 3.05) is 13.1 Å². The second kappa shape index (κ2) is 5.48. The maximum absolute atomic E-state index is 10.8. The molecular formula is C12H19N3O3. The summed E-state index contributed by atoms with van der Waals surface area (Å²) >= 11 is 0. The first-order valence-corrected chi connectivity index (χ1v) is 6.37. The molecule has 18 heavy (non-hydrogen) atoms. The third-order valence-corrected chi connectivity index (χ3v) is 3.18. The summed E-state index contributed by atoms with van der Waals surface area (Å²) < 4.78 is 5.18. The van der Waals surface area contributed by atoms with Crippen molar-refractivity contribution in [3.8, 4) is 0 Å². The Kier molecular flexibility index (Phi) is 3.96. The number of carbonyl (C=O) groups is 1. The highest BCUT2D eigenvalue weighted by Crippen LogP contribution is 2.38. The molecule has 0 amide bonds. The maximum Gasteiger partial charge on any atom is 0.307 e. The third-order valence-electron chi connectivity index (χ3n) is 3.18. The van der Waals surface area contributed by atoms with Crippen LogP contribution in [0, 0.1) is 5.92 Å². The van der Waals surface area contributed by atoms with Crippen LogP contribution in [0.5, 0.6) is 0 Å².